The summed E-state index contributed by atoms with van der Waals surface area (Å²) < 4.78 is 25.8. The molecule has 0 heterocycles. The average molecular weight is 296 g/mol. The van der Waals surface area contributed by atoms with Crippen LogP contribution < -0.4 is 5.32 Å². The van der Waals surface area contributed by atoms with Crippen LogP contribution in [0.15, 0.2) is 23.1 Å². The van der Waals surface area contributed by atoms with E-state index in [-0.39, 0.29) is 17.6 Å². The van der Waals surface area contributed by atoms with Gasteiger partial charge in [0.15, 0.2) is 11.6 Å². The number of nitrogens with zero attached hydrogens (tertiary/aromatic N) is 1. The van der Waals surface area contributed by atoms with Crippen LogP contribution in [0.3, 0.4) is 0 Å². The van der Waals surface area contributed by atoms with Gasteiger partial charge in [-0.3, -0.25) is 4.79 Å². The van der Waals surface area contributed by atoms with Crippen molar-refractivity contribution in [2.24, 2.45) is 5.92 Å². The standard InChI is InChI=1S/C14H14F2N2OS/c1-14(8-17,9-2-3-9)18-13(19)7-20-10-4-5-11(15)12(16)6-10/h4-6,9H,2-3,7H2,1H3,(H,18,19)/t14-/m0/s1. The van der Waals surface area contributed by atoms with Crippen molar-refractivity contribution >= 4 is 17.7 Å². The maximum Gasteiger partial charge on any atom is 0.231 e. The number of hydrogen-bond acceptors (Lipinski definition) is 3. The first kappa shape index (κ1) is 14.8. The minimum absolute atomic E-state index is 0.0645. The summed E-state index contributed by atoms with van der Waals surface area (Å²) in [6.45, 7) is 1.71. The predicted molar refractivity (Wildman–Crippen MR) is 72.0 cm³/mol. The second-order valence-electron chi connectivity index (χ2n) is 5.00. The highest BCUT2D eigenvalue weighted by molar-refractivity contribution is 8.00. The van der Waals surface area contributed by atoms with Crippen molar-refractivity contribution in [3.05, 3.63) is 29.8 Å². The number of nitrogens with one attached hydrogen (secondary N) is 1. The Morgan fingerprint density at radius 3 is 2.75 bits per heavy atom. The monoisotopic (exact) mass is 296 g/mol. The van der Waals surface area contributed by atoms with Crippen LogP contribution in [0.1, 0.15) is 19.8 Å². The maximum atomic E-state index is 13.0. The van der Waals surface area contributed by atoms with Crippen LogP contribution in [0, 0.1) is 28.9 Å². The van der Waals surface area contributed by atoms with Crippen LogP contribution in [-0.4, -0.2) is 17.2 Å². The average Bonchev–Trinajstić information content (AvgIpc) is 3.25. The lowest BCUT2D eigenvalue weighted by Gasteiger charge is -2.22. The van der Waals surface area contributed by atoms with Gasteiger partial charge in [-0.2, -0.15) is 5.26 Å². The van der Waals surface area contributed by atoms with Crippen molar-refractivity contribution in [3.8, 4) is 6.07 Å². The number of halogens is 2. The summed E-state index contributed by atoms with van der Waals surface area (Å²) in [5.41, 5.74) is -0.828. The van der Waals surface area contributed by atoms with E-state index >= 15 is 0 Å². The Kier molecular flexibility index (Phi) is 4.29. The topological polar surface area (TPSA) is 52.9 Å². The quantitative estimate of drug-likeness (QED) is 0.850. The zero-order chi connectivity index (χ0) is 14.8. The summed E-state index contributed by atoms with van der Waals surface area (Å²) in [6.07, 6.45) is 1.89. The van der Waals surface area contributed by atoms with Gasteiger partial charge in [0.05, 0.1) is 11.8 Å². The molecular formula is C14H14F2N2OS. The molecule has 0 spiro atoms. The van der Waals surface area contributed by atoms with Crippen molar-refractivity contribution in [2.45, 2.75) is 30.2 Å². The molecule has 0 radical (unpaired) electrons. The highest BCUT2D eigenvalue weighted by Gasteiger charge is 2.42. The van der Waals surface area contributed by atoms with E-state index in [4.69, 9.17) is 5.26 Å². The number of carbonyl (C=O) groups excluding carboxylic acids is 1. The molecule has 106 valence electrons. The Hall–Kier alpha value is -1.61. The smallest absolute Gasteiger partial charge is 0.231 e. The second kappa shape index (κ2) is 5.80. The minimum atomic E-state index is -0.935. The number of carbonyl (C=O) groups is 1. The fourth-order valence-electron chi connectivity index (χ4n) is 1.92. The number of rotatable bonds is 5. The lowest BCUT2D eigenvalue weighted by Crippen LogP contribution is -2.47. The number of amides is 1. The molecular weight excluding hydrogens is 282 g/mol. The summed E-state index contributed by atoms with van der Waals surface area (Å²) >= 11 is 1.11. The third-order valence-corrected chi connectivity index (χ3v) is 4.28. The lowest BCUT2D eigenvalue weighted by atomic mass is 9.98. The van der Waals surface area contributed by atoms with Gasteiger partial charge in [0.2, 0.25) is 5.91 Å². The summed E-state index contributed by atoms with van der Waals surface area (Å²) in [5, 5.41) is 11.8. The van der Waals surface area contributed by atoms with Gasteiger partial charge in [-0.1, -0.05) is 0 Å². The molecule has 3 nitrogen and oxygen atoms in total. The van der Waals surface area contributed by atoms with E-state index < -0.39 is 17.2 Å². The van der Waals surface area contributed by atoms with Gasteiger partial charge in [-0.05, 0) is 43.9 Å². The summed E-state index contributed by atoms with van der Waals surface area (Å²) in [4.78, 5) is 12.3. The molecule has 0 aliphatic heterocycles. The molecule has 1 N–H and O–H groups in total. The van der Waals surface area contributed by atoms with E-state index in [1.807, 2.05) is 0 Å². The van der Waals surface area contributed by atoms with E-state index in [2.05, 4.69) is 11.4 Å². The third kappa shape index (κ3) is 3.48. The highest BCUT2D eigenvalue weighted by atomic mass is 32.2. The molecule has 0 saturated heterocycles. The largest absolute Gasteiger partial charge is 0.337 e. The van der Waals surface area contributed by atoms with Crippen LogP contribution in [0.4, 0.5) is 8.78 Å². The van der Waals surface area contributed by atoms with Crippen molar-refractivity contribution in [1.82, 2.24) is 5.32 Å². The van der Waals surface area contributed by atoms with Crippen LogP contribution in [-0.2, 0) is 4.79 Å². The summed E-state index contributed by atoms with van der Waals surface area (Å²) in [6, 6.07) is 5.63. The Bertz CT molecular complexity index is 569. The first-order valence-corrected chi connectivity index (χ1v) is 7.23. The number of hydrogen-bond donors (Lipinski definition) is 1. The van der Waals surface area contributed by atoms with Crippen molar-refractivity contribution in [2.75, 3.05) is 5.75 Å². The molecule has 1 aromatic rings. The van der Waals surface area contributed by atoms with Gasteiger partial charge in [0.25, 0.3) is 0 Å². The van der Waals surface area contributed by atoms with E-state index in [1.165, 1.54) is 6.07 Å². The molecule has 1 aliphatic carbocycles. The molecule has 1 aromatic carbocycles. The first-order chi connectivity index (χ1) is 9.44. The Balaban J connectivity index is 1.89. The molecule has 1 atom stereocenters. The van der Waals surface area contributed by atoms with Crippen LogP contribution in [0.5, 0.6) is 0 Å². The fourth-order valence-corrected chi connectivity index (χ4v) is 2.64. The Morgan fingerprint density at radius 1 is 1.50 bits per heavy atom. The van der Waals surface area contributed by atoms with Crippen LogP contribution in [0.2, 0.25) is 0 Å². The molecule has 0 unspecified atom stereocenters. The number of nitriles is 1. The highest BCUT2D eigenvalue weighted by Crippen LogP contribution is 2.39. The molecule has 0 bridgehead atoms. The fraction of sp³-hybridized carbons (Fsp3) is 0.429. The molecule has 1 aliphatic rings. The molecule has 0 aromatic heterocycles. The SMILES string of the molecule is C[C@@](C#N)(NC(=O)CSc1ccc(F)c(F)c1)C1CC1. The van der Waals surface area contributed by atoms with Gasteiger partial charge in [0, 0.05) is 4.90 Å². The van der Waals surface area contributed by atoms with E-state index in [0.29, 0.717) is 4.90 Å². The molecule has 2 rings (SSSR count). The number of benzene rings is 1. The molecule has 1 saturated carbocycles. The normalized spacial score (nSPS) is 17.1. The third-order valence-electron chi connectivity index (χ3n) is 3.29. The molecule has 20 heavy (non-hydrogen) atoms. The maximum absolute atomic E-state index is 13.0. The van der Waals surface area contributed by atoms with Gasteiger partial charge in [0.1, 0.15) is 5.54 Å². The molecule has 1 fully saturated rings. The van der Waals surface area contributed by atoms with Crippen LogP contribution >= 0.6 is 11.8 Å². The zero-order valence-corrected chi connectivity index (χ0v) is 11.8. The van der Waals surface area contributed by atoms with Gasteiger partial charge < -0.3 is 5.32 Å². The van der Waals surface area contributed by atoms with E-state index in [1.54, 1.807) is 6.92 Å². The predicted octanol–water partition coefficient (Wildman–Crippen LogP) is 2.87. The molecule has 6 heteroatoms. The zero-order valence-electron chi connectivity index (χ0n) is 11.0. The van der Waals surface area contributed by atoms with Gasteiger partial charge >= 0.3 is 0 Å². The van der Waals surface area contributed by atoms with Gasteiger partial charge in [-0.25, -0.2) is 8.78 Å². The van der Waals surface area contributed by atoms with Gasteiger partial charge in [-0.15, -0.1) is 11.8 Å². The van der Waals surface area contributed by atoms with Crippen LogP contribution in [0.25, 0.3) is 0 Å². The van der Waals surface area contributed by atoms with Crippen molar-refractivity contribution in [1.29, 1.82) is 5.26 Å². The lowest BCUT2D eigenvalue weighted by molar-refractivity contribution is -0.119. The van der Waals surface area contributed by atoms with E-state index in [0.717, 1.165) is 36.7 Å². The second-order valence-corrected chi connectivity index (χ2v) is 6.05. The van der Waals surface area contributed by atoms with Crippen molar-refractivity contribution < 1.29 is 13.6 Å². The Morgan fingerprint density at radius 2 is 2.20 bits per heavy atom. The number of thioether (sulfide) groups is 1. The first-order valence-electron chi connectivity index (χ1n) is 6.25. The Labute approximate surface area is 120 Å². The summed E-state index contributed by atoms with van der Waals surface area (Å²) in [7, 11) is 0. The van der Waals surface area contributed by atoms with Crippen molar-refractivity contribution in [3.63, 3.8) is 0 Å². The molecule has 1 amide bonds. The van der Waals surface area contributed by atoms with E-state index in [9.17, 15) is 13.6 Å². The summed E-state index contributed by atoms with van der Waals surface area (Å²) in [5.74, 6) is -1.85. The minimum Gasteiger partial charge on any atom is -0.337 e.